The van der Waals surface area contributed by atoms with Crippen LogP contribution in [0, 0.1) is 0 Å². The summed E-state index contributed by atoms with van der Waals surface area (Å²) in [7, 11) is 1.74. The molecule has 0 bridgehead atoms. The molecule has 9 heteroatoms. The van der Waals surface area contributed by atoms with E-state index < -0.39 is 0 Å². The largest absolute Gasteiger partial charge is 0.468 e. The Bertz CT molecular complexity index is 748. The molecule has 1 amide bonds. The van der Waals surface area contributed by atoms with Gasteiger partial charge in [-0.1, -0.05) is 0 Å². The van der Waals surface area contributed by atoms with Crippen LogP contribution in [0.15, 0.2) is 52.3 Å². The molecule has 0 aliphatic carbocycles. The highest BCUT2D eigenvalue weighted by molar-refractivity contribution is 14.0. The Morgan fingerprint density at radius 2 is 2.00 bits per heavy atom. The third-order valence-corrected chi connectivity index (χ3v) is 4.77. The molecule has 8 nitrogen and oxygen atoms in total. The van der Waals surface area contributed by atoms with Crippen LogP contribution >= 0.6 is 24.0 Å². The molecular weight excluding hydrogens is 483 g/mol. The molecule has 1 saturated heterocycles. The molecule has 0 spiro atoms. The summed E-state index contributed by atoms with van der Waals surface area (Å²) < 4.78 is 5.65. The first-order chi connectivity index (χ1) is 13.8. The Labute approximate surface area is 188 Å². The van der Waals surface area contributed by atoms with Crippen molar-refractivity contribution >= 4 is 35.8 Å². The minimum absolute atomic E-state index is 0. The molecule has 3 heterocycles. The van der Waals surface area contributed by atoms with Crippen molar-refractivity contribution in [1.82, 2.24) is 25.8 Å². The molecule has 29 heavy (non-hydrogen) atoms. The third kappa shape index (κ3) is 7.00. The zero-order valence-electron chi connectivity index (χ0n) is 16.6. The molecule has 1 atom stereocenters. The molecule has 1 unspecified atom stereocenters. The van der Waals surface area contributed by atoms with Crippen molar-refractivity contribution in [1.29, 1.82) is 0 Å². The van der Waals surface area contributed by atoms with E-state index in [9.17, 15) is 4.79 Å². The van der Waals surface area contributed by atoms with E-state index >= 15 is 0 Å². The van der Waals surface area contributed by atoms with Gasteiger partial charge in [-0.3, -0.25) is 19.7 Å². The van der Waals surface area contributed by atoms with Gasteiger partial charge in [-0.05, 0) is 50.2 Å². The van der Waals surface area contributed by atoms with Crippen LogP contribution in [-0.2, 0) is 0 Å². The number of likely N-dealkylation sites (tertiary alicyclic amines) is 1. The van der Waals surface area contributed by atoms with Gasteiger partial charge in [0.05, 0.1) is 17.9 Å². The molecule has 158 valence electrons. The first-order valence-electron chi connectivity index (χ1n) is 9.68. The van der Waals surface area contributed by atoms with E-state index in [0.717, 1.165) is 18.8 Å². The number of nitrogens with zero attached hydrogens (tertiary/aromatic N) is 3. The van der Waals surface area contributed by atoms with Crippen LogP contribution in [-0.4, -0.2) is 61.5 Å². The maximum atomic E-state index is 12.0. The van der Waals surface area contributed by atoms with Gasteiger partial charge < -0.3 is 20.4 Å². The van der Waals surface area contributed by atoms with Crippen molar-refractivity contribution in [2.24, 2.45) is 4.99 Å². The predicted molar refractivity (Wildman–Crippen MR) is 124 cm³/mol. The lowest BCUT2D eigenvalue weighted by atomic mass is 10.2. The topological polar surface area (TPSA) is 94.8 Å². The van der Waals surface area contributed by atoms with Crippen LogP contribution in [0.2, 0.25) is 0 Å². The minimum Gasteiger partial charge on any atom is -0.468 e. The summed E-state index contributed by atoms with van der Waals surface area (Å²) in [5.41, 5.74) is 0.553. The SMILES string of the molecule is CN=C(NCCNC(=O)c1cccnc1)NCC(c1ccco1)N1CCCC1.I. The number of carbonyl (C=O) groups is 1. The van der Waals surface area contributed by atoms with Crippen LogP contribution in [0.1, 0.15) is 35.0 Å². The summed E-state index contributed by atoms with van der Waals surface area (Å²) >= 11 is 0. The predicted octanol–water partition coefficient (Wildman–Crippen LogP) is 2.02. The highest BCUT2D eigenvalue weighted by Crippen LogP contribution is 2.24. The molecular formula is C20H29IN6O2. The first kappa shape index (κ1) is 23.1. The molecule has 2 aromatic rings. The standard InChI is InChI=1S/C20H28N6O2.HI/c1-21-20(24-10-9-23-19(27)16-6-4-8-22-14-16)25-15-17(18-7-5-13-28-18)26-11-2-3-12-26;/h4-8,13-14,17H,2-3,9-12,15H2,1H3,(H,23,27)(H2,21,24,25);1H. The van der Waals surface area contributed by atoms with Gasteiger partial charge in [-0.15, -0.1) is 24.0 Å². The molecule has 0 radical (unpaired) electrons. The number of carbonyl (C=O) groups excluding carboxylic acids is 1. The molecule has 2 aromatic heterocycles. The Kier molecular flexibility index (Phi) is 9.92. The van der Waals surface area contributed by atoms with Gasteiger partial charge in [-0.2, -0.15) is 0 Å². The lowest BCUT2D eigenvalue weighted by Gasteiger charge is -2.26. The molecule has 3 rings (SSSR count). The number of aromatic nitrogens is 1. The first-order valence-corrected chi connectivity index (χ1v) is 9.68. The number of aliphatic imine (C=N–C) groups is 1. The fourth-order valence-corrected chi connectivity index (χ4v) is 3.31. The lowest BCUT2D eigenvalue weighted by Crippen LogP contribution is -2.44. The number of nitrogens with one attached hydrogen (secondary N) is 3. The third-order valence-electron chi connectivity index (χ3n) is 4.77. The fourth-order valence-electron chi connectivity index (χ4n) is 3.31. The monoisotopic (exact) mass is 512 g/mol. The average Bonchev–Trinajstić information content (AvgIpc) is 3.45. The van der Waals surface area contributed by atoms with Gasteiger partial charge in [0, 0.05) is 39.1 Å². The van der Waals surface area contributed by atoms with E-state index in [1.54, 1.807) is 37.8 Å². The van der Waals surface area contributed by atoms with Crippen LogP contribution in [0.25, 0.3) is 0 Å². The maximum absolute atomic E-state index is 12.0. The molecule has 0 saturated carbocycles. The van der Waals surface area contributed by atoms with Crippen molar-refractivity contribution in [2.45, 2.75) is 18.9 Å². The zero-order chi connectivity index (χ0) is 19.6. The summed E-state index contributed by atoms with van der Waals surface area (Å²) in [6, 6.07) is 7.62. The number of rotatable bonds is 8. The van der Waals surface area contributed by atoms with Gasteiger partial charge >= 0.3 is 0 Å². The van der Waals surface area contributed by atoms with E-state index in [-0.39, 0.29) is 35.9 Å². The van der Waals surface area contributed by atoms with Gasteiger partial charge in [0.1, 0.15) is 5.76 Å². The number of hydrogen-bond acceptors (Lipinski definition) is 5. The number of pyridine rings is 1. The summed E-state index contributed by atoms with van der Waals surface area (Å²) in [6.07, 6.45) is 7.36. The van der Waals surface area contributed by atoms with Crippen LogP contribution in [0.3, 0.4) is 0 Å². The van der Waals surface area contributed by atoms with Crippen molar-refractivity contribution in [3.63, 3.8) is 0 Å². The Morgan fingerprint density at radius 1 is 1.21 bits per heavy atom. The fraction of sp³-hybridized carbons (Fsp3) is 0.450. The van der Waals surface area contributed by atoms with E-state index in [4.69, 9.17) is 4.42 Å². The Hall–Kier alpha value is -2.14. The van der Waals surface area contributed by atoms with Crippen molar-refractivity contribution in [2.75, 3.05) is 39.8 Å². The van der Waals surface area contributed by atoms with Gasteiger partial charge in [-0.25, -0.2) is 0 Å². The Balaban J connectivity index is 0.00000300. The lowest BCUT2D eigenvalue weighted by molar-refractivity contribution is 0.0954. The second kappa shape index (κ2) is 12.4. The van der Waals surface area contributed by atoms with Crippen molar-refractivity contribution in [3.8, 4) is 0 Å². The van der Waals surface area contributed by atoms with Crippen molar-refractivity contribution in [3.05, 3.63) is 54.2 Å². The van der Waals surface area contributed by atoms with Gasteiger partial charge in [0.15, 0.2) is 5.96 Å². The summed E-state index contributed by atoms with van der Waals surface area (Å²) in [6.45, 7) is 3.93. The van der Waals surface area contributed by atoms with E-state index in [2.05, 4.69) is 30.8 Å². The normalized spacial score (nSPS) is 15.4. The number of halogens is 1. The molecule has 1 aliphatic rings. The van der Waals surface area contributed by atoms with Crippen LogP contribution in [0.5, 0.6) is 0 Å². The summed E-state index contributed by atoms with van der Waals surface area (Å²) in [5.74, 6) is 1.53. The summed E-state index contributed by atoms with van der Waals surface area (Å²) in [4.78, 5) is 22.7. The minimum atomic E-state index is -0.134. The number of furan rings is 1. The van der Waals surface area contributed by atoms with Crippen LogP contribution in [0.4, 0.5) is 0 Å². The van der Waals surface area contributed by atoms with E-state index in [1.165, 1.54) is 12.8 Å². The molecule has 1 aliphatic heterocycles. The average molecular weight is 512 g/mol. The van der Waals surface area contributed by atoms with Gasteiger partial charge in [0.2, 0.25) is 0 Å². The number of guanidine groups is 1. The quantitative estimate of drug-likeness (QED) is 0.217. The number of amides is 1. The van der Waals surface area contributed by atoms with Crippen LogP contribution < -0.4 is 16.0 Å². The summed E-state index contributed by atoms with van der Waals surface area (Å²) in [5, 5.41) is 9.46. The van der Waals surface area contributed by atoms with E-state index in [1.807, 2.05) is 12.1 Å². The molecule has 3 N–H and O–H groups in total. The second-order valence-corrected chi connectivity index (χ2v) is 6.65. The van der Waals surface area contributed by atoms with E-state index in [0.29, 0.717) is 31.2 Å². The van der Waals surface area contributed by atoms with Crippen molar-refractivity contribution < 1.29 is 9.21 Å². The maximum Gasteiger partial charge on any atom is 0.252 e. The second-order valence-electron chi connectivity index (χ2n) is 6.65. The highest BCUT2D eigenvalue weighted by Gasteiger charge is 2.25. The van der Waals surface area contributed by atoms with Gasteiger partial charge in [0.25, 0.3) is 5.91 Å². The molecule has 0 aromatic carbocycles. The smallest absolute Gasteiger partial charge is 0.252 e. The highest BCUT2D eigenvalue weighted by atomic mass is 127. The molecule has 1 fully saturated rings. The zero-order valence-corrected chi connectivity index (χ0v) is 19.0. The number of hydrogen-bond donors (Lipinski definition) is 3. The Morgan fingerprint density at radius 3 is 2.66 bits per heavy atom.